The highest BCUT2D eigenvalue weighted by Crippen LogP contribution is 2.28. The summed E-state index contributed by atoms with van der Waals surface area (Å²) in [6.45, 7) is 1.00. The van der Waals surface area contributed by atoms with Crippen LogP contribution in [0.5, 0.6) is 0 Å². The van der Waals surface area contributed by atoms with E-state index in [1.54, 1.807) is 4.90 Å². The number of nitrogen functional groups attached to an aromatic ring is 1. The van der Waals surface area contributed by atoms with Crippen molar-refractivity contribution in [3.05, 3.63) is 33.9 Å². The summed E-state index contributed by atoms with van der Waals surface area (Å²) < 4.78 is 0. The molecule has 20 heavy (non-hydrogen) atoms. The first-order chi connectivity index (χ1) is 9.06. The van der Waals surface area contributed by atoms with Gasteiger partial charge in [-0.05, 0) is 18.9 Å². The number of rotatable bonds is 3. The fourth-order valence-corrected chi connectivity index (χ4v) is 2.40. The number of nitro benzene ring substituents is 1. The van der Waals surface area contributed by atoms with Crippen molar-refractivity contribution in [2.75, 3.05) is 18.8 Å². The predicted octanol–water partition coefficient (Wildman–Crippen LogP) is 1.16. The zero-order valence-corrected chi connectivity index (χ0v) is 11.6. The van der Waals surface area contributed by atoms with E-state index in [2.05, 4.69) is 0 Å². The van der Waals surface area contributed by atoms with Crippen molar-refractivity contribution in [3.63, 3.8) is 0 Å². The van der Waals surface area contributed by atoms with E-state index in [0.717, 1.165) is 12.8 Å². The molecule has 1 heterocycles. The Morgan fingerprint density at radius 3 is 2.80 bits per heavy atom. The third kappa shape index (κ3) is 2.83. The number of nitro groups is 1. The number of likely N-dealkylation sites (tertiary alicyclic amines) is 1. The molecule has 0 bridgehead atoms. The van der Waals surface area contributed by atoms with Gasteiger partial charge in [-0.1, -0.05) is 6.07 Å². The van der Waals surface area contributed by atoms with Crippen molar-refractivity contribution in [1.82, 2.24) is 4.90 Å². The Morgan fingerprint density at radius 1 is 1.50 bits per heavy atom. The van der Waals surface area contributed by atoms with E-state index in [4.69, 9.17) is 11.5 Å². The summed E-state index contributed by atoms with van der Waals surface area (Å²) in [5.74, 6) is -0.283. The van der Waals surface area contributed by atoms with Gasteiger partial charge in [0.25, 0.3) is 11.6 Å². The summed E-state index contributed by atoms with van der Waals surface area (Å²) >= 11 is 0. The Hall–Kier alpha value is -1.86. The summed E-state index contributed by atoms with van der Waals surface area (Å²) in [5, 5.41) is 10.8. The number of carbonyl (C=O) groups is 1. The van der Waals surface area contributed by atoms with Crippen LogP contribution in [0.3, 0.4) is 0 Å². The Bertz CT molecular complexity index is 523. The van der Waals surface area contributed by atoms with Gasteiger partial charge in [0.05, 0.1) is 10.5 Å². The molecule has 7 nitrogen and oxygen atoms in total. The van der Waals surface area contributed by atoms with Crippen LogP contribution in [0.1, 0.15) is 23.2 Å². The molecule has 0 saturated carbocycles. The molecule has 1 aromatic carbocycles. The first kappa shape index (κ1) is 16.2. The maximum absolute atomic E-state index is 12.4. The SMILES string of the molecule is Cl.NCC1CCCN1C(=O)c1cccc([N+](=O)[O-])c1N. The molecule has 110 valence electrons. The van der Waals surface area contributed by atoms with Gasteiger partial charge in [-0.15, -0.1) is 12.4 Å². The van der Waals surface area contributed by atoms with Crippen LogP contribution in [0.25, 0.3) is 0 Å². The first-order valence-corrected chi connectivity index (χ1v) is 6.10. The van der Waals surface area contributed by atoms with Crippen LogP contribution in [-0.2, 0) is 0 Å². The molecule has 0 radical (unpaired) electrons. The van der Waals surface area contributed by atoms with Gasteiger partial charge >= 0.3 is 0 Å². The molecular formula is C12H17ClN4O3. The molecule has 1 unspecified atom stereocenters. The monoisotopic (exact) mass is 300 g/mol. The summed E-state index contributed by atoms with van der Waals surface area (Å²) in [7, 11) is 0. The Morgan fingerprint density at radius 2 is 2.20 bits per heavy atom. The first-order valence-electron chi connectivity index (χ1n) is 6.10. The summed E-state index contributed by atoms with van der Waals surface area (Å²) in [5.41, 5.74) is 11.2. The molecule has 1 aromatic rings. The molecule has 1 fully saturated rings. The van der Waals surface area contributed by atoms with Gasteiger partial charge in [0.1, 0.15) is 5.69 Å². The molecule has 0 aliphatic carbocycles. The van der Waals surface area contributed by atoms with E-state index in [-0.39, 0.29) is 41.3 Å². The van der Waals surface area contributed by atoms with Crippen molar-refractivity contribution >= 4 is 29.7 Å². The summed E-state index contributed by atoms with van der Waals surface area (Å²) in [6.07, 6.45) is 1.75. The number of carbonyl (C=O) groups excluding carboxylic acids is 1. The van der Waals surface area contributed by atoms with Crippen molar-refractivity contribution in [3.8, 4) is 0 Å². The second-order valence-corrected chi connectivity index (χ2v) is 4.53. The van der Waals surface area contributed by atoms with Crippen molar-refractivity contribution in [1.29, 1.82) is 0 Å². The van der Waals surface area contributed by atoms with Crippen LogP contribution in [0, 0.1) is 10.1 Å². The average Bonchev–Trinajstić information content (AvgIpc) is 2.86. The van der Waals surface area contributed by atoms with Gasteiger partial charge in [0.2, 0.25) is 0 Å². The highest BCUT2D eigenvalue weighted by atomic mass is 35.5. The van der Waals surface area contributed by atoms with E-state index in [9.17, 15) is 14.9 Å². The zero-order chi connectivity index (χ0) is 14.0. The number of para-hydroxylation sites is 1. The van der Waals surface area contributed by atoms with Crippen LogP contribution >= 0.6 is 12.4 Å². The van der Waals surface area contributed by atoms with Gasteiger partial charge in [-0.2, -0.15) is 0 Å². The minimum Gasteiger partial charge on any atom is -0.393 e. The minimum absolute atomic E-state index is 0. The molecule has 1 aliphatic heterocycles. The van der Waals surface area contributed by atoms with Crippen LogP contribution in [-0.4, -0.2) is 34.9 Å². The average molecular weight is 301 g/mol. The molecule has 0 spiro atoms. The molecule has 1 saturated heterocycles. The molecular weight excluding hydrogens is 284 g/mol. The number of nitrogens with two attached hydrogens (primary N) is 2. The number of anilines is 1. The van der Waals surface area contributed by atoms with Gasteiger partial charge in [0.15, 0.2) is 0 Å². The van der Waals surface area contributed by atoms with E-state index in [0.29, 0.717) is 13.1 Å². The van der Waals surface area contributed by atoms with Gasteiger partial charge < -0.3 is 16.4 Å². The maximum Gasteiger partial charge on any atom is 0.292 e. The minimum atomic E-state index is -0.587. The standard InChI is InChI=1S/C12H16N4O3.ClH/c13-7-8-3-2-6-15(8)12(17)9-4-1-5-10(11(9)14)16(18)19;/h1,4-5,8H,2-3,6-7,13-14H2;1H. The maximum atomic E-state index is 12.4. The highest BCUT2D eigenvalue weighted by Gasteiger charge is 2.30. The van der Waals surface area contributed by atoms with Gasteiger partial charge in [0, 0.05) is 25.2 Å². The van der Waals surface area contributed by atoms with Gasteiger partial charge in [-0.3, -0.25) is 14.9 Å². The van der Waals surface area contributed by atoms with E-state index in [1.807, 2.05) is 0 Å². The number of benzene rings is 1. The molecule has 4 N–H and O–H groups in total. The second-order valence-electron chi connectivity index (χ2n) is 4.53. The smallest absolute Gasteiger partial charge is 0.292 e. The Balaban J connectivity index is 0.00000200. The summed E-state index contributed by atoms with van der Waals surface area (Å²) in [4.78, 5) is 24.3. The topological polar surface area (TPSA) is 115 Å². The number of hydrogen-bond donors (Lipinski definition) is 2. The third-order valence-corrected chi connectivity index (χ3v) is 3.42. The van der Waals surface area contributed by atoms with Crippen LogP contribution in [0.4, 0.5) is 11.4 Å². The van der Waals surface area contributed by atoms with Gasteiger partial charge in [-0.25, -0.2) is 0 Å². The largest absolute Gasteiger partial charge is 0.393 e. The molecule has 1 atom stereocenters. The Labute approximate surface area is 122 Å². The normalized spacial score (nSPS) is 17.6. The molecule has 0 aromatic heterocycles. The lowest BCUT2D eigenvalue weighted by Gasteiger charge is -2.23. The van der Waals surface area contributed by atoms with Crippen LogP contribution in [0.15, 0.2) is 18.2 Å². The third-order valence-electron chi connectivity index (χ3n) is 3.42. The molecule has 1 aliphatic rings. The number of nitrogens with zero attached hydrogens (tertiary/aromatic N) is 2. The summed E-state index contributed by atoms with van der Waals surface area (Å²) in [6, 6.07) is 4.26. The number of hydrogen-bond acceptors (Lipinski definition) is 5. The number of halogens is 1. The van der Waals surface area contributed by atoms with E-state index >= 15 is 0 Å². The highest BCUT2D eigenvalue weighted by molar-refractivity contribution is 6.01. The molecule has 2 rings (SSSR count). The molecule has 8 heteroatoms. The van der Waals surface area contributed by atoms with Crippen molar-refractivity contribution in [2.24, 2.45) is 5.73 Å². The van der Waals surface area contributed by atoms with E-state index < -0.39 is 4.92 Å². The zero-order valence-electron chi connectivity index (χ0n) is 10.8. The quantitative estimate of drug-likeness (QED) is 0.494. The van der Waals surface area contributed by atoms with Crippen LogP contribution < -0.4 is 11.5 Å². The lowest BCUT2D eigenvalue weighted by atomic mass is 10.1. The van der Waals surface area contributed by atoms with Crippen molar-refractivity contribution in [2.45, 2.75) is 18.9 Å². The second kappa shape index (κ2) is 6.53. The Kier molecular flexibility index (Phi) is 5.29. The lowest BCUT2D eigenvalue weighted by molar-refractivity contribution is -0.383. The fourth-order valence-electron chi connectivity index (χ4n) is 2.40. The van der Waals surface area contributed by atoms with Crippen LogP contribution in [0.2, 0.25) is 0 Å². The molecule has 1 amide bonds. The predicted molar refractivity (Wildman–Crippen MR) is 77.9 cm³/mol. The lowest BCUT2D eigenvalue weighted by Crippen LogP contribution is -2.40. The number of amides is 1. The van der Waals surface area contributed by atoms with E-state index in [1.165, 1.54) is 18.2 Å². The van der Waals surface area contributed by atoms with Crippen molar-refractivity contribution < 1.29 is 9.72 Å². The fraction of sp³-hybridized carbons (Fsp3) is 0.417.